The van der Waals surface area contributed by atoms with E-state index in [4.69, 9.17) is 0 Å². The topological polar surface area (TPSA) is 0 Å². The van der Waals surface area contributed by atoms with Crippen molar-refractivity contribution in [2.24, 2.45) is 0 Å². The minimum atomic E-state index is 0.946. The molecule has 0 aromatic heterocycles. The van der Waals surface area contributed by atoms with Crippen LogP contribution in [0.25, 0.3) is 0 Å². The first-order valence-corrected chi connectivity index (χ1v) is 4.02. The van der Waals surface area contributed by atoms with Crippen molar-refractivity contribution < 1.29 is 0 Å². The molecule has 1 radical (unpaired) electrons. The van der Waals surface area contributed by atoms with E-state index in [-0.39, 0.29) is 0 Å². The number of hydrogen-bond acceptors (Lipinski definition) is 0. The van der Waals surface area contributed by atoms with E-state index in [9.17, 15) is 0 Å². The molecule has 1 aliphatic rings. The molecule has 0 aromatic rings. The zero-order valence-electron chi connectivity index (χ0n) is 6.66. The van der Waals surface area contributed by atoms with Gasteiger partial charge in [0.2, 0.25) is 0 Å². The lowest BCUT2D eigenvalue weighted by Crippen LogP contribution is -1.60. The van der Waals surface area contributed by atoms with E-state index in [2.05, 4.69) is 48.6 Å². The van der Waals surface area contributed by atoms with Gasteiger partial charge in [0, 0.05) is 0 Å². The molecule has 0 atom stereocenters. The average molecular weight is 145 g/mol. The minimum absolute atomic E-state index is 0.946. The van der Waals surface area contributed by atoms with Crippen molar-refractivity contribution in [3.05, 3.63) is 48.6 Å². The lowest BCUT2D eigenvalue weighted by Gasteiger charge is -1.79. The molecule has 0 heterocycles. The molecule has 0 saturated carbocycles. The minimum Gasteiger partial charge on any atom is -0.0844 e. The molecule has 1 rings (SSSR count). The van der Waals surface area contributed by atoms with Crippen LogP contribution in [0.15, 0.2) is 42.5 Å². The van der Waals surface area contributed by atoms with Crippen LogP contribution in [0.1, 0.15) is 19.3 Å². The number of hydrogen-bond donors (Lipinski definition) is 0. The maximum atomic E-state index is 3.19. The van der Waals surface area contributed by atoms with Gasteiger partial charge in [-0.05, 0) is 25.3 Å². The van der Waals surface area contributed by atoms with Crippen LogP contribution in [-0.4, -0.2) is 0 Å². The zero-order chi connectivity index (χ0) is 7.78. The van der Waals surface area contributed by atoms with Crippen molar-refractivity contribution in [2.75, 3.05) is 0 Å². The highest BCUT2D eigenvalue weighted by atomic mass is 13.8. The fourth-order valence-electron chi connectivity index (χ4n) is 0.875. The summed E-state index contributed by atoms with van der Waals surface area (Å²) in [5, 5.41) is 0. The fraction of sp³-hybridized carbons (Fsp3) is 0.273. The third-order valence-electron chi connectivity index (χ3n) is 1.46. The molecular formula is C11H13. The van der Waals surface area contributed by atoms with E-state index >= 15 is 0 Å². The van der Waals surface area contributed by atoms with Gasteiger partial charge in [-0.25, -0.2) is 0 Å². The van der Waals surface area contributed by atoms with Gasteiger partial charge in [0.25, 0.3) is 0 Å². The van der Waals surface area contributed by atoms with E-state index in [1.165, 1.54) is 0 Å². The van der Waals surface area contributed by atoms with Gasteiger partial charge in [-0.3, -0.25) is 0 Å². The molecule has 0 amide bonds. The highest BCUT2D eigenvalue weighted by molar-refractivity contribution is 5.07. The van der Waals surface area contributed by atoms with Crippen LogP contribution >= 0.6 is 0 Å². The van der Waals surface area contributed by atoms with Crippen LogP contribution in [0, 0.1) is 6.08 Å². The third-order valence-corrected chi connectivity index (χ3v) is 1.46. The Kier molecular flexibility index (Phi) is 4.19. The van der Waals surface area contributed by atoms with Gasteiger partial charge in [-0.2, -0.15) is 0 Å². The summed E-state index contributed by atoms with van der Waals surface area (Å²) >= 11 is 0. The van der Waals surface area contributed by atoms with Crippen molar-refractivity contribution in [3.63, 3.8) is 0 Å². The quantitative estimate of drug-likeness (QED) is 0.459. The molecule has 11 heavy (non-hydrogen) atoms. The zero-order valence-corrected chi connectivity index (χ0v) is 6.66. The van der Waals surface area contributed by atoms with Crippen LogP contribution in [0.5, 0.6) is 0 Å². The molecule has 0 heteroatoms. The van der Waals surface area contributed by atoms with Gasteiger partial charge in [0.05, 0.1) is 0 Å². The Morgan fingerprint density at radius 1 is 0.818 bits per heavy atom. The van der Waals surface area contributed by atoms with E-state index in [1.807, 2.05) is 0 Å². The van der Waals surface area contributed by atoms with E-state index in [0.717, 1.165) is 19.3 Å². The highest BCUT2D eigenvalue weighted by Gasteiger charge is 1.75. The largest absolute Gasteiger partial charge is 0.0844 e. The van der Waals surface area contributed by atoms with Crippen LogP contribution in [0.2, 0.25) is 0 Å². The van der Waals surface area contributed by atoms with Crippen molar-refractivity contribution >= 4 is 0 Å². The maximum Gasteiger partial charge on any atom is -0.00977 e. The highest BCUT2D eigenvalue weighted by Crippen LogP contribution is 1.95. The van der Waals surface area contributed by atoms with Gasteiger partial charge >= 0.3 is 0 Å². The summed E-state index contributed by atoms with van der Waals surface area (Å²) in [7, 11) is 0. The Morgan fingerprint density at radius 3 is 2.55 bits per heavy atom. The predicted octanol–water partition coefficient (Wildman–Crippen LogP) is 3.20. The standard InChI is InChI=1S/C11H13/c1-2-4-6-8-10-11-9-7-5-3-1/h1-4,7-9H,5-6,11H2/b3-1-,4-2-,9-7+,10-8?. The Labute approximate surface area is 68.6 Å². The van der Waals surface area contributed by atoms with Crippen molar-refractivity contribution in [3.8, 4) is 0 Å². The van der Waals surface area contributed by atoms with Crippen molar-refractivity contribution in [1.29, 1.82) is 0 Å². The van der Waals surface area contributed by atoms with Gasteiger partial charge in [0.1, 0.15) is 0 Å². The maximum absolute atomic E-state index is 3.19. The first-order valence-electron chi connectivity index (χ1n) is 4.02. The SMILES string of the molecule is [C]1=C\C/C=C\C=C/C/C=C/C/1. The molecule has 0 aliphatic heterocycles. The molecule has 0 bridgehead atoms. The Balaban J connectivity index is 2.47. The van der Waals surface area contributed by atoms with Crippen molar-refractivity contribution in [2.45, 2.75) is 19.3 Å². The van der Waals surface area contributed by atoms with Crippen LogP contribution in [-0.2, 0) is 0 Å². The monoisotopic (exact) mass is 145 g/mol. The van der Waals surface area contributed by atoms with E-state index in [0.29, 0.717) is 0 Å². The predicted molar refractivity (Wildman–Crippen MR) is 49.1 cm³/mol. The second-order valence-electron chi connectivity index (χ2n) is 2.41. The molecule has 0 N–H and O–H groups in total. The van der Waals surface area contributed by atoms with E-state index < -0.39 is 0 Å². The van der Waals surface area contributed by atoms with Crippen LogP contribution in [0.4, 0.5) is 0 Å². The molecular weight excluding hydrogens is 132 g/mol. The summed E-state index contributed by atoms with van der Waals surface area (Å²) in [5.74, 6) is 0. The number of rotatable bonds is 0. The third kappa shape index (κ3) is 4.38. The molecule has 1 aliphatic carbocycles. The Bertz CT molecular complexity index is 170. The summed E-state index contributed by atoms with van der Waals surface area (Å²) in [5.41, 5.74) is 0. The summed E-state index contributed by atoms with van der Waals surface area (Å²) in [4.78, 5) is 0. The first kappa shape index (κ1) is 8.06. The summed E-state index contributed by atoms with van der Waals surface area (Å²) in [6.45, 7) is 0. The second kappa shape index (κ2) is 5.72. The summed E-state index contributed by atoms with van der Waals surface area (Å²) < 4.78 is 0. The van der Waals surface area contributed by atoms with Crippen LogP contribution < -0.4 is 0 Å². The molecule has 0 saturated heterocycles. The second-order valence-corrected chi connectivity index (χ2v) is 2.41. The molecule has 57 valence electrons. The van der Waals surface area contributed by atoms with Gasteiger partial charge in [-0.15, -0.1) is 0 Å². The summed E-state index contributed by atoms with van der Waals surface area (Å²) in [6, 6.07) is 0. The molecule has 0 spiro atoms. The Hall–Kier alpha value is -1.04. The molecule has 0 nitrogen and oxygen atoms in total. The van der Waals surface area contributed by atoms with E-state index in [1.54, 1.807) is 0 Å². The lowest BCUT2D eigenvalue weighted by molar-refractivity contribution is 1.25. The smallest absolute Gasteiger partial charge is 0.00977 e. The molecule has 0 aromatic carbocycles. The number of allylic oxidation sites excluding steroid dienone is 8. The Morgan fingerprint density at radius 2 is 1.64 bits per heavy atom. The van der Waals surface area contributed by atoms with Gasteiger partial charge in [-0.1, -0.05) is 42.5 Å². The lowest BCUT2D eigenvalue weighted by atomic mass is 10.3. The first-order chi connectivity index (χ1) is 5.50. The average Bonchev–Trinajstić information content (AvgIpc) is 2.08. The van der Waals surface area contributed by atoms with Crippen LogP contribution in [0.3, 0.4) is 0 Å². The fourth-order valence-corrected chi connectivity index (χ4v) is 0.875. The van der Waals surface area contributed by atoms with Gasteiger partial charge < -0.3 is 0 Å². The normalized spacial score (nSPS) is 29.8. The summed E-state index contributed by atoms with van der Waals surface area (Å²) in [6.07, 6.45) is 21.0. The van der Waals surface area contributed by atoms with Crippen molar-refractivity contribution in [1.82, 2.24) is 0 Å². The molecule has 0 fully saturated rings. The molecule has 0 unspecified atom stereocenters. The van der Waals surface area contributed by atoms with Gasteiger partial charge in [0.15, 0.2) is 0 Å².